The van der Waals surface area contributed by atoms with Crippen molar-refractivity contribution in [1.82, 2.24) is 4.90 Å². The molecule has 5 nitrogen and oxygen atoms in total. The molecule has 1 amide bonds. The third-order valence-corrected chi connectivity index (χ3v) is 2.97. The molecular formula is C14H15N3O2. The Morgan fingerprint density at radius 2 is 2.05 bits per heavy atom. The van der Waals surface area contributed by atoms with Crippen molar-refractivity contribution < 1.29 is 9.90 Å². The maximum absolute atomic E-state index is 11.9. The Morgan fingerprint density at radius 3 is 2.68 bits per heavy atom. The molecule has 19 heavy (non-hydrogen) atoms. The number of hydrogen-bond acceptors (Lipinski definition) is 4. The number of rotatable bonds is 3. The highest BCUT2D eigenvalue weighted by Gasteiger charge is 2.15. The fraction of sp³-hybridized carbons (Fsp3) is 0.286. The molecule has 1 aromatic rings. The van der Waals surface area contributed by atoms with Gasteiger partial charge >= 0.3 is 0 Å². The normalized spacial score (nSPS) is 15.1. The minimum absolute atomic E-state index is 0.0192. The number of para-hydroxylation sites is 2. The van der Waals surface area contributed by atoms with Crippen molar-refractivity contribution in [3.63, 3.8) is 0 Å². The predicted octanol–water partition coefficient (Wildman–Crippen LogP) is 1.83. The van der Waals surface area contributed by atoms with Crippen molar-refractivity contribution in [1.29, 1.82) is 5.26 Å². The van der Waals surface area contributed by atoms with E-state index in [4.69, 9.17) is 5.26 Å². The number of nitrogens with zero attached hydrogens (tertiary/aromatic N) is 2. The summed E-state index contributed by atoms with van der Waals surface area (Å²) in [5.41, 5.74) is 0.347. The Morgan fingerprint density at radius 1 is 1.37 bits per heavy atom. The van der Waals surface area contributed by atoms with Crippen molar-refractivity contribution in [2.75, 3.05) is 18.4 Å². The lowest BCUT2D eigenvalue weighted by molar-refractivity contribution is -0.112. The summed E-state index contributed by atoms with van der Waals surface area (Å²) >= 11 is 0. The van der Waals surface area contributed by atoms with Crippen LogP contribution in [0.15, 0.2) is 36.0 Å². The van der Waals surface area contributed by atoms with Crippen molar-refractivity contribution in [2.24, 2.45) is 0 Å². The van der Waals surface area contributed by atoms with Gasteiger partial charge in [-0.15, -0.1) is 0 Å². The van der Waals surface area contributed by atoms with Crippen LogP contribution < -0.4 is 5.32 Å². The molecule has 0 aromatic heterocycles. The van der Waals surface area contributed by atoms with Crippen LogP contribution in [-0.4, -0.2) is 29.0 Å². The Balaban J connectivity index is 2.09. The fourth-order valence-corrected chi connectivity index (χ4v) is 1.96. The van der Waals surface area contributed by atoms with Crippen molar-refractivity contribution in [3.05, 3.63) is 36.0 Å². The van der Waals surface area contributed by atoms with E-state index in [2.05, 4.69) is 5.32 Å². The zero-order valence-electron chi connectivity index (χ0n) is 10.5. The first-order valence-corrected chi connectivity index (χ1v) is 6.16. The molecule has 1 heterocycles. The first-order chi connectivity index (χ1) is 9.20. The van der Waals surface area contributed by atoms with E-state index in [1.54, 1.807) is 24.4 Å². The van der Waals surface area contributed by atoms with Crippen molar-refractivity contribution in [2.45, 2.75) is 12.8 Å². The van der Waals surface area contributed by atoms with E-state index in [0.29, 0.717) is 5.69 Å². The number of anilines is 1. The lowest BCUT2D eigenvalue weighted by Crippen LogP contribution is -2.18. The van der Waals surface area contributed by atoms with Gasteiger partial charge in [-0.2, -0.15) is 5.26 Å². The SMILES string of the molecule is N#C/C(=C/N1CCCC1)C(=O)Nc1ccccc1O. The van der Waals surface area contributed by atoms with Crippen LogP contribution in [0.5, 0.6) is 5.75 Å². The molecule has 1 aliphatic rings. The van der Waals surface area contributed by atoms with Crippen LogP contribution in [0.4, 0.5) is 5.69 Å². The first-order valence-electron chi connectivity index (χ1n) is 6.16. The minimum atomic E-state index is -0.504. The van der Waals surface area contributed by atoms with Gasteiger partial charge in [0.15, 0.2) is 0 Å². The van der Waals surface area contributed by atoms with E-state index >= 15 is 0 Å². The van der Waals surface area contributed by atoms with Gasteiger partial charge in [-0.25, -0.2) is 0 Å². The Labute approximate surface area is 111 Å². The summed E-state index contributed by atoms with van der Waals surface area (Å²) in [6.07, 6.45) is 3.74. The molecule has 5 heteroatoms. The van der Waals surface area contributed by atoms with E-state index < -0.39 is 5.91 Å². The molecule has 0 atom stereocenters. The second-order valence-electron chi connectivity index (χ2n) is 4.37. The third kappa shape index (κ3) is 3.26. The quantitative estimate of drug-likeness (QED) is 0.492. The molecule has 0 bridgehead atoms. The number of carbonyl (C=O) groups excluding carboxylic acids is 1. The molecule has 0 radical (unpaired) electrons. The van der Waals surface area contributed by atoms with Crippen LogP contribution in [0, 0.1) is 11.3 Å². The number of phenolic OH excluding ortho intramolecular Hbond substituents is 1. The van der Waals surface area contributed by atoms with Crippen LogP contribution in [0.25, 0.3) is 0 Å². The highest BCUT2D eigenvalue weighted by Crippen LogP contribution is 2.22. The monoisotopic (exact) mass is 257 g/mol. The highest BCUT2D eigenvalue weighted by molar-refractivity contribution is 6.07. The number of likely N-dealkylation sites (tertiary alicyclic amines) is 1. The summed E-state index contributed by atoms with van der Waals surface area (Å²) in [7, 11) is 0. The van der Waals surface area contributed by atoms with Crippen LogP contribution in [0.3, 0.4) is 0 Å². The standard InChI is InChI=1S/C14H15N3O2/c15-9-11(10-17-7-3-4-8-17)14(19)16-12-5-1-2-6-13(12)18/h1-2,5-6,10,18H,3-4,7-8H2,(H,16,19)/b11-10-. The molecule has 0 unspecified atom stereocenters. The summed E-state index contributed by atoms with van der Waals surface area (Å²) < 4.78 is 0. The van der Waals surface area contributed by atoms with Gasteiger partial charge < -0.3 is 15.3 Å². The van der Waals surface area contributed by atoms with Gasteiger partial charge in [-0.1, -0.05) is 12.1 Å². The summed E-state index contributed by atoms with van der Waals surface area (Å²) in [6.45, 7) is 1.74. The van der Waals surface area contributed by atoms with Gasteiger partial charge in [0.1, 0.15) is 17.4 Å². The lowest BCUT2D eigenvalue weighted by atomic mass is 10.2. The van der Waals surface area contributed by atoms with E-state index in [0.717, 1.165) is 25.9 Å². The molecule has 0 aliphatic carbocycles. The number of amides is 1. The predicted molar refractivity (Wildman–Crippen MR) is 71.2 cm³/mol. The van der Waals surface area contributed by atoms with Crippen LogP contribution in [-0.2, 0) is 4.79 Å². The van der Waals surface area contributed by atoms with Crippen molar-refractivity contribution >= 4 is 11.6 Å². The second-order valence-corrected chi connectivity index (χ2v) is 4.37. The molecule has 1 fully saturated rings. The number of benzene rings is 1. The molecule has 1 aliphatic heterocycles. The number of carbonyl (C=O) groups is 1. The Hall–Kier alpha value is -2.48. The van der Waals surface area contributed by atoms with Crippen LogP contribution in [0.2, 0.25) is 0 Å². The maximum Gasteiger partial charge on any atom is 0.267 e. The van der Waals surface area contributed by atoms with Gasteiger partial charge in [0, 0.05) is 19.3 Å². The zero-order chi connectivity index (χ0) is 13.7. The van der Waals surface area contributed by atoms with Gasteiger partial charge in [-0.05, 0) is 25.0 Å². The van der Waals surface area contributed by atoms with E-state index in [1.807, 2.05) is 11.0 Å². The Bertz CT molecular complexity index is 540. The molecule has 1 saturated heterocycles. The summed E-state index contributed by atoms with van der Waals surface area (Å²) in [5, 5.41) is 21.1. The summed E-state index contributed by atoms with van der Waals surface area (Å²) in [4.78, 5) is 13.9. The Kier molecular flexibility index (Phi) is 4.04. The number of phenols is 1. The molecule has 98 valence electrons. The molecule has 0 saturated carbocycles. The average molecular weight is 257 g/mol. The third-order valence-electron chi connectivity index (χ3n) is 2.97. The number of aromatic hydroxyl groups is 1. The van der Waals surface area contributed by atoms with E-state index in [-0.39, 0.29) is 11.3 Å². The van der Waals surface area contributed by atoms with Crippen LogP contribution >= 0.6 is 0 Å². The number of hydrogen-bond donors (Lipinski definition) is 2. The zero-order valence-corrected chi connectivity index (χ0v) is 10.5. The molecule has 2 N–H and O–H groups in total. The lowest BCUT2D eigenvalue weighted by Gasteiger charge is -2.12. The summed E-state index contributed by atoms with van der Waals surface area (Å²) in [5.74, 6) is -0.523. The summed E-state index contributed by atoms with van der Waals surface area (Å²) in [6, 6.07) is 8.32. The topological polar surface area (TPSA) is 76.4 Å². The second kappa shape index (κ2) is 5.91. The first kappa shape index (κ1) is 13.0. The average Bonchev–Trinajstić information content (AvgIpc) is 2.91. The van der Waals surface area contributed by atoms with Gasteiger partial charge in [0.2, 0.25) is 0 Å². The van der Waals surface area contributed by atoms with Gasteiger partial charge in [0.25, 0.3) is 5.91 Å². The molecular weight excluding hydrogens is 242 g/mol. The fourth-order valence-electron chi connectivity index (χ4n) is 1.96. The van der Waals surface area contributed by atoms with Gasteiger partial charge in [0.05, 0.1) is 5.69 Å². The van der Waals surface area contributed by atoms with E-state index in [9.17, 15) is 9.90 Å². The number of nitrogens with one attached hydrogen (secondary N) is 1. The minimum Gasteiger partial charge on any atom is -0.506 e. The molecule has 1 aromatic carbocycles. The molecule has 2 rings (SSSR count). The highest BCUT2D eigenvalue weighted by atomic mass is 16.3. The van der Waals surface area contributed by atoms with E-state index in [1.165, 1.54) is 6.07 Å². The smallest absolute Gasteiger partial charge is 0.267 e. The number of nitriles is 1. The van der Waals surface area contributed by atoms with Crippen molar-refractivity contribution in [3.8, 4) is 11.8 Å². The molecule has 0 spiro atoms. The maximum atomic E-state index is 11.9. The van der Waals surface area contributed by atoms with Crippen LogP contribution in [0.1, 0.15) is 12.8 Å². The van der Waals surface area contributed by atoms with Gasteiger partial charge in [-0.3, -0.25) is 4.79 Å². The largest absolute Gasteiger partial charge is 0.506 e.